The van der Waals surface area contributed by atoms with Crippen molar-refractivity contribution in [3.8, 4) is 17.6 Å². The third-order valence-electron chi connectivity index (χ3n) is 4.34. The molecular formula is C25H20Cl2N2O3. The van der Waals surface area contributed by atoms with Crippen LogP contribution in [-0.2, 0) is 11.4 Å². The lowest BCUT2D eigenvalue weighted by Gasteiger charge is -2.15. The van der Waals surface area contributed by atoms with Crippen LogP contribution in [0.4, 0.5) is 5.69 Å². The highest BCUT2D eigenvalue weighted by Gasteiger charge is 2.15. The summed E-state index contributed by atoms with van der Waals surface area (Å²) in [5.74, 6) is 0.282. The summed E-state index contributed by atoms with van der Waals surface area (Å²) in [6.45, 7) is 2.56. The number of nitrogens with zero attached hydrogens (tertiary/aromatic N) is 1. The van der Waals surface area contributed by atoms with Gasteiger partial charge in [-0.3, -0.25) is 4.79 Å². The number of anilines is 1. The van der Waals surface area contributed by atoms with E-state index in [4.69, 9.17) is 32.7 Å². The number of nitrogens with one attached hydrogen (secondary N) is 1. The minimum Gasteiger partial charge on any atom is -0.490 e. The first-order valence-corrected chi connectivity index (χ1v) is 10.6. The third-order valence-corrected chi connectivity index (χ3v) is 4.87. The lowest BCUT2D eigenvalue weighted by Crippen LogP contribution is -2.13. The zero-order valence-corrected chi connectivity index (χ0v) is 18.8. The first kappa shape index (κ1) is 23.2. The van der Waals surface area contributed by atoms with Crippen LogP contribution in [0.1, 0.15) is 18.1 Å². The molecule has 1 amide bonds. The van der Waals surface area contributed by atoms with Crippen LogP contribution < -0.4 is 14.8 Å². The van der Waals surface area contributed by atoms with Crippen molar-refractivity contribution in [2.75, 3.05) is 11.9 Å². The number of carbonyl (C=O) groups excluding carboxylic acids is 1. The Morgan fingerprint density at radius 3 is 2.44 bits per heavy atom. The minimum atomic E-state index is -0.548. The average Bonchev–Trinajstić information content (AvgIpc) is 2.79. The fourth-order valence-corrected chi connectivity index (χ4v) is 3.25. The molecule has 0 aliphatic carbocycles. The lowest BCUT2D eigenvalue weighted by molar-refractivity contribution is -0.112. The molecule has 0 aliphatic heterocycles. The van der Waals surface area contributed by atoms with Crippen molar-refractivity contribution < 1.29 is 14.3 Å². The van der Waals surface area contributed by atoms with E-state index in [2.05, 4.69) is 5.32 Å². The predicted octanol–water partition coefficient (Wildman–Crippen LogP) is 6.52. The van der Waals surface area contributed by atoms with Crippen LogP contribution in [0.3, 0.4) is 0 Å². The normalized spacial score (nSPS) is 10.9. The molecule has 0 unspecified atom stereocenters. The van der Waals surface area contributed by atoms with Gasteiger partial charge in [-0.05, 0) is 60.5 Å². The Kier molecular flexibility index (Phi) is 8.15. The maximum atomic E-state index is 12.5. The molecule has 0 aliphatic rings. The van der Waals surface area contributed by atoms with Crippen molar-refractivity contribution >= 4 is 40.9 Å². The molecule has 3 aromatic carbocycles. The van der Waals surface area contributed by atoms with E-state index >= 15 is 0 Å². The smallest absolute Gasteiger partial charge is 0.266 e. The SMILES string of the molecule is CCOc1cc(/C=C(\C#N)C(=O)Nc2ccc(Cl)cc2)cc(Cl)c1OCc1ccccc1. The highest BCUT2D eigenvalue weighted by atomic mass is 35.5. The summed E-state index contributed by atoms with van der Waals surface area (Å²) in [5.41, 5.74) is 1.96. The summed E-state index contributed by atoms with van der Waals surface area (Å²) in [5, 5.41) is 13.0. The number of amides is 1. The van der Waals surface area contributed by atoms with Crippen molar-refractivity contribution in [3.63, 3.8) is 0 Å². The fraction of sp³-hybridized carbons (Fsp3) is 0.120. The number of hydrogen-bond acceptors (Lipinski definition) is 4. The summed E-state index contributed by atoms with van der Waals surface area (Å²) in [7, 11) is 0. The molecular weight excluding hydrogens is 447 g/mol. The third kappa shape index (κ3) is 6.27. The topological polar surface area (TPSA) is 71.3 Å². The predicted molar refractivity (Wildman–Crippen MR) is 127 cm³/mol. The van der Waals surface area contributed by atoms with E-state index in [1.165, 1.54) is 6.08 Å². The summed E-state index contributed by atoms with van der Waals surface area (Å²) in [6, 6.07) is 21.5. The minimum absolute atomic E-state index is 0.0866. The van der Waals surface area contributed by atoms with E-state index in [1.54, 1.807) is 36.4 Å². The molecule has 162 valence electrons. The van der Waals surface area contributed by atoms with Crippen LogP contribution in [0.25, 0.3) is 6.08 Å². The molecule has 0 bridgehead atoms. The van der Waals surface area contributed by atoms with Crippen LogP contribution in [0, 0.1) is 11.3 Å². The molecule has 0 aromatic heterocycles. The Balaban J connectivity index is 1.83. The molecule has 0 spiro atoms. The highest BCUT2D eigenvalue weighted by Crippen LogP contribution is 2.38. The van der Waals surface area contributed by atoms with Gasteiger partial charge in [0, 0.05) is 10.7 Å². The first-order chi connectivity index (χ1) is 15.5. The van der Waals surface area contributed by atoms with Gasteiger partial charge in [-0.25, -0.2) is 0 Å². The summed E-state index contributed by atoms with van der Waals surface area (Å²) < 4.78 is 11.6. The largest absolute Gasteiger partial charge is 0.490 e. The average molecular weight is 467 g/mol. The summed E-state index contributed by atoms with van der Waals surface area (Å²) in [4.78, 5) is 12.5. The zero-order chi connectivity index (χ0) is 22.9. The van der Waals surface area contributed by atoms with E-state index in [-0.39, 0.29) is 5.57 Å². The maximum absolute atomic E-state index is 12.5. The molecule has 0 atom stereocenters. The van der Waals surface area contributed by atoms with Gasteiger partial charge in [0.05, 0.1) is 11.6 Å². The molecule has 0 heterocycles. The van der Waals surface area contributed by atoms with Gasteiger partial charge in [-0.1, -0.05) is 53.5 Å². The second-order valence-electron chi connectivity index (χ2n) is 6.67. The number of ether oxygens (including phenoxy) is 2. The second-order valence-corrected chi connectivity index (χ2v) is 7.51. The van der Waals surface area contributed by atoms with E-state index in [0.29, 0.717) is 46.0 Å². The van der Waals surface area contributed by atoms with Crippen molar-refractivity contribution in [2.24, 2.45) is 0 Å². The van der Waals surface area contributed by atoms with Gasteiger partial charge in [0.15, 0.2) is 11.5 Å². The maximum Gasteiger partial charge on any atom is 0.266 e. The van der Waals surface area contributed by atoms with Crippen LogP contribution in [0.2, 0.25) is 10.0 Å². The Morgan fingerprint density at radius 1 is 1.06 bits per heavy atom. The van der Waals surface area contributed by atoms with Crippen LogP contribution >= 0.6 is 23.2 Å². The molecule has 7 heteroatoms. The number of rotatable bonds is 8. The van der Waals surface area contributed by atoms with Gasteiger partial charge in [0.1, 0.15) is 18.2 Å². The summed E-state index contributed by atoms with van der Waals surface area (Å²) >= 11 is 12.3. The van der Waals surface area contributed by atoms with E-state index in [9.17, 15) is 10.1 Å². The van der Waals surface area contributed by atoms with Crippen LogP contribution in [0.15, 0.2) is 72.3 Å². The zero-order valence-electron chi connectivity index (χ0n) is 17.3. The number of halogens is 2. The van der Waals surface area contributed by atoms with Gasteiger partial charge in [0.2, 0.25) is 0 Å². The molecule has 1 N–H and O–H groups in total. The van der Waals surface area contributed by atoms with E-state index in [1.807, 2.05) is 43.3 Å². The van der Waals surface area contributed by atoms with Crippen molar-refractivity contribution in [2.45, 2.75) is 13.5 Å². The number of carbonyl (C=O) groups is 1. The van der Waals surface area contributed by atoms with Crippen molar-refractivity contribution in [1.29, 1.82) is 5.26 Å². The Labute approximate surface area is 196 Å². The highest BCUT2D eigenvalue weighted by molar-refractivity contribution is 6.32. The Hall–Kier alpha value is -3.46. The van der Waals surface area contributed by atoms with Gasteiger partial charge >= 0.3 is 0 Å². The van der Waals surface area contributed by atoms with Crippen molar-refractivity contribution in [1.82, 2.24) is 0 Å². The van der Waals surface area contributed by atoms with Gasteiger partial charge in [-0.2, -0.15) is 5.26 Å². The summed E-state index contributed by atoms with van der Waals surface area (Å²) in [6.07, 6.45) is 1.45. The second kappa shape index (κ2) is 11.2. The van der Waals surface area contributed by atoms with Crippen molar-refractivity contribution in [3.05, 3.63) is 93.5 Å². The van der Waals surface area contributed by atoms with E-state index < -0.39 is 5.91 Å². The molecule has 5 nitrogen and oxygen atoms in total. The number of hydrogen-bond donors (Lipinski definition) is 1. The molecule has 3 aromatic rings. The Morgan fingerprint density at radius 2 is 1.78 bits per heavy atom. The number of benzene rings is 3. The quantitative estimate of drug-likeness (QED) is 0.303. The lowest BCUT2D eigenvalue weighted by atomic mass is 10.1. The van der Waals surface area contributed by atoms with Gasteiger partial charge in [0.25, 0.3) is 5.91 Å². The standard InChI is InChI=1S/C25H20Cl2N2O3/c1-2-31-23-14-18(13-22(27)24(23)32-16-17-6-4-3-5-7-17)12-19(15-28)25(30)29-21-10-8-20(26)9-11-21/h3-14H,2,16H2,1H3,(H,29,30)/b19-12+. The molecule has 0 saturated heterocycles. The number of nitriles is 1. The molecule has 0 fully saturated rings. The Bertz CT molecular complexity index is 1150. The van der Waals surface area contributed by atoms with Crippen LogP contribution in [-0.4, -0.2) is 12.5 Å². The van der Waals surface area contributed by atoms with Gasteiger partial charge in [-0.15, -0.1) is 0 Å². The molecule has 3 rings (SSSR count). The van der Waals surface area contributed by atoms with E-state index in [0.717, 1.165) is 5.56 Å². The van der Waals surface area contributed by atoms with Gasteiger partial charge < -0.3 is 14.8 Å². The molecule has 32 heavy (non-hydrogen) atoms. The monoisotopic (exact) mass is 466 g/mol. The van der Waals surface area contributed by atoms with Crippen LogP contribution in [0.5, 0.6) is 11.5 Å². The molecule has 0 radical (unpaired) electrons. The molecule has 0 saturated carbocycles. The first-order valence-electron chi connectivity index (χ1n) is 9.82. The fourth-order valence-electron chi connectivity index (χ4n) is 2.85.